The van der Waals surface area contributed by atoms with Gasteiger partial charge in [-0.05, 0) is 24.5 Å². The Bertz CT molecular complexity index is 287. The molecule has 1 unspecified atom stereocenters. The van der Waals surface area contributed by atoms with E-state index in [0.717, 1.165) is 16.3 Å². The van der Waals surface area contributed by atoms with E-state index in [-0.39, 0.29) is 12.6 Å². The molecule has 4 heteroatoms. The van der Waals surface area contributed by atoms with Crippen molar-refractivity contribution in [2.45, 2.75) is 24.9 Å². The largest absolute Gasteiger partial charge is 0.396 e. The molecule has 0 saturated carbocycles. The number of aliphatic hydroxyl groups excluding tert-OH is 1. The summed E-state index contributed by atoms with van der Waals surface area (Å²) in [5.41, 5.74) is 6.78. The van der Waals surface area contributed by atoms with Crippen LogP contribution in [0.3, 0.4) is 0 Å². The van der Waals surface area contributed by atoms with Crippen LogP contribution in [0.5, 0.6) is 0 Å². The number of aliphatic hydroxyl groups is 1. The van der Waals surface area contributed by atoms with E-state index in [9.17, 15) is 0 Å². The average Bonchev–Trinajstić information content (AvgIpc) is 2.26. The molecule has 1 heterocycles. The van der Waals surface area contributed by atoms with Gasteiger partial charge in [-0.2, -0.15) is 0 Å². The molecule has 0 radical (unpaired) electrons. The van der Waals surface area contributed by atoms with Gasteiger partial charge in [0.05, 0.1) is 5.03 Å². The van der Waals surface area contributed by atoms with Crippen molar-refractivity contribution in [3.8, 4) is 0 Å². The Labute approximate surface area is 95.1 Å². The molecule has 1 rings (SSSR count). The summed E-state index contributed by atoms with van der Waals surface area (Å²) in [4.78, 5) is 4.31. The molecular formula is C11H18N2OS. The van der Waals surface area contributed by atoms with Crippen molar-refractivity contribution >= 4 is 11.8 Å². The molecule has 0 aliphatic carbocycles. The van der Waals surface area contributed by atoms with Crippen molar-refractivity contribution in [2.75, 3.05) is 12.4 Å². The summed E-state index contributed by atoms with van der Waals surface area (Å²) >= 11 is 1.66. The Morgan fingerprint density at radius 3 is 2.67 bits per heavy atom. The highest BCUT2D eigenvalue weighted by atomic mass is 32.2. The lowest BCUT2D eigenvalue weighted by atomic mass is 10.2. The van der Waals surface area contributed by atoms with Crippen molar-refractivity contribution < 1.29 is 5.11 Å². The van der Waals surface area contributed by atoms with Crippen LogP contribution in [-0.4, -0.2) is 22.5 Å². The molecule has 0 fully saturated rings. The molecule has 3 nitrogen and oxygen atoms in total. The van der Waals surface area contributed by atoms with Gasteiger partial charge in [-0.15, -0.1) is 11.8 Å². The number of nitrogens with zero attached hydrogens (tertiary/aromatic N) is 1. The first-order valence-electron chi connectivity index (χ1n) is 5.08. The zero-order valence-corrected chi connectivity index (χ0v) is 10.00. The normalized spacial score (nSPS) is 14.9. The summed E-state index contributed by atoms with van der Waals surface area (Å²) < 4.78 is 0. The minimum Gasteiger partial charge on any atom is -0.396 e. The number of pyridine rings is 1. The quantitative estimate of drug-likeness (QED) is 0.752. The SMILES string of the molecule is CC(CO)CSc1ccc([C@@H](C)N)cn1. The van der Waals surface area contributed by atoms with E-state index in [4.69, 9.17) is 10.8 Å². The predicted octanol–water partition coefficient (Wildman–Crippen LogP) is 1.82. The number of hydrogen-bond donors (Lipinski definition) is 2. The van der Waals surface area contributed by atoms with Crippen LogP contribution in [0.2, 0.25) is 0 Å². The molecule has 84 valence electrons. The van der Waals surface area contributed by atoms with E-state index in [1.54, 1.807) is 11.8 Å². The van der Waals surface area contributed by atoms with E-state index in [0.29, 0.717) is 5.92 Å². The molecule has 0 aliphatic heterocycles. The first-order chi connectivity index (χ1) is 7.13. The van der Waals surface area contributed by atoms with Crippen LogP contribution in [0, 0.1) is 5.92 Å². The zero-order valence-electron chi connectivity index (χ0n) is 9.18. The molecule has 0 saturated heterocycles. The minimum absolute atomic E-state index is 0.0351. The molecular weight excluding hydrogens is 208 g/mol. The van der Waals surface area contributed by atoms with Gasteiger partial charge >= 0.3 is 0 Å². The standard InChI is InChI=1S/C11H18N2OS/c1-8(6-14)7-15-11-4-3-10(5-13-11)9(2)12/h3-5,8-9,14H,6-7,12H2,1-2H3/t8?,9-/m1/s1. The predicted molar refractivity (Wildman–Crippen MR) is 63.8 cm³/mol. The number of hydrogen-bond acceptors (Lipinski definition) is 4. The third-order valence-corrected chi connectivity index (χ3v) is 3.39. The fourth-order valence-corrected chi connectivity index (χ4v) is 1.88. The van der Waals surface area contributed by atoms with Crippen LogP contribution < -0.4 is 5.73 Å². The molecule has 2 atom stereocenters. The van der Waals surface area contributed by atoms with Crippen molar-refractivity contribution in [3.05, 3.63) is 23.9 Å². The first kappa shape index (κ1) is 12.5. The Hall–Kier alpha value is -0.580. The van der Waals surface area contributed by atoms with Gasteiger partial charge in [0.2, 0.25) is 0 Å². The van der Waals surface area contributed by atoms with E-state index in [2.05, 4.69) is 4.98 Å². The van der Waals surface area contributed by atoms with E-state index in [1.165, 1.54) is 0 Å². The van der Waals surface area contributed by atoms with Gasteiger partial charge in [-0.3, -0.25) is 0 Å². The second kappa shape index (κ2) is 6.10. The summed E-state index contributed by atoms with van der Waals surface area (Å²) in [5.74, 6) is 1.20. The number of rotatable bonds is 5. The Balaban J connectivity index is 2.50. The minimum atomic E-state index is 0.0351. The number of thioether (sulfide) groups is 1. The van der Waals surface area contributed by atoms with Crippen molar-refractivity contribution in [3.63, 3.8) is 0 Å². The molecule has 0 aromatic carbocycles. The van der Waals surface area contributed by atoms with Gasteiger partial charge in [0.15, 0.2) is 0 Å². The van der Waals surface area contributed by atoms with Gasteiger partial charge in [0.25, 0.3) is 0 Å². The Kier molecular flexibility index (Phi) is 5.08. The third-order valence-electron chi connectivity index (χ3n) is 2.11. The fraction of sp³-hybridized carbons (Fsp3) is 0.545. The highest BCUT2D eigenvalue weighted by Crippen LogP contribution is 2.19. The molecule has 3 N–H and O–H groups in total. The first-order valence-corrected chi connectivity index (χ1v) is 6.07. The summed E-state index contributed by atoms with van der Waals surface area (Å²) in [7, 11) is 0. The Morgan fingerprint density at radius 1 is 1.47 bits per heavy atom. The van der Waals surface area contributed by atoms with Crippen LogP contribution >= 0.6 is 11.8 Å². The maximum Gasteiger partial charge on any atom is 0.0960 e. The molecule has 0 spiro atoms. The summed E-state index contributed by atoms with van der Waals surface area (Å²) in [6.45, 7) is 4.19. The topological polar surface area (TPSA) is 59.1 Å². The van der Waals surface area contributed by atoms with Crippen LogP contribution in [-0.2, 0) is 0 Å². The van der Waals surface area contributed by atoms with Gasteiger partial charge in [0, 0.05) is 24.6 Å². The van der Waals surface area contributed by atoms with Crippen LogP contribution in [0.4, 0.5) is 0 Å². The van der Waals surface area contributed by atoms with Gasteiger partial charge < -0.3 is 10.8 Å². The van der Waals surface area contributed by atoms with E-state index in [1.807, 2.05) is 32.2 Å². The van der Waals surface area contributed by atoms with Crippen LogP contribution in [0.15, 0.2) is 23.4 Å². The van der Waals surface area contributed by atoms with Crippen molar-refractivity contribution in [1.29, 1.82) is 0 Å². The lowest BCUT2D eigenvalue weighted by Gasteiger charge is -2.08. The molecule has 0 aliphatic rings. The van der Waals surface area contributed by atoms with Crippen LogP contribution in [0.1, 0.15) is 25.5 Å². The van der Waals surface area contributed by atoms with Crippen LogP contribution in [0.25, 0.3) is 0 Å². The lowest BCUT2D eigenvalue weighted by molar-refractivity contribution is 0.250. The lowest BCUT2D eigenvalue weighted by Crippen LogP contribution is -2.06. The average molecular weight is 226 g/mol. The summed E-state index contributed by atoms with van der Waals surface area (Å²) in [6, 6.07) is 4.02. The van der Waals surface area contributed by atoms with E-state index < -0.39 is 0 Å². The second-order valence-corrected chi connectivity index (χ2v) is 4.86. The molecule has 0 amide bonds. The maximum absolute atomic E-state index is 8.88. The Morgan fingerprint density at radius 2 is 2.20 bits per heavy atom. The van der Waals surface area contributed by atoms with Gasteiger partial charge in [-0.25, -0.2) is 4.98 Å². The number of nitrogens with two attached hydrogens (primary N) is 1. The monoisotopic (exact) mass is 226 g/mol. The smallest absolute Gasteiger partial charge is 0.0960 e. The van der Waals surface area contributed by atoms with Gasteiger partial charge in [0.1, 0.15) is 0 Å². The highest BCUT2D eigenvalue weighted by Gasteiger charge is 2.03. The molecule has 1 aromatic heterocycles. The number of aromatic nitrogens is 1. The molecule has 1 aromatic rings. The van der Waals surface area contributed by atoms with Crippen molar-refractivity contribution in [2.24, 2.45) is 11.7 Å². The van der Waals surface area contributed by atoms with Gasteiger partial charge in [-0.1, -0.05) is 13.0 Å². The van der Waals surface area contributed by atoms with E-state index >= 15 is 0 Å². The maximum atomic E-state index is 8.88. The third kappa shape index (κ3) is 4.20. The zero-order chi connectivity index (χ0) is 11.3. The van der Waals surface area contributed by atoms with Crippen molar-refractivity contribution in [1.82, 2.24) is 4.98 Å². The second-order valence-electron chi connectivity index (χ2n) is 3.82. The highest BCUT2D eigenvalue weighted by molar-refractivity contribution is 7.99. The summed E-state index contributed by atoms with van der Waals surface area (Å²) in [6.07, 6.45) is 1.82. The fourth-order valence-electron chi connectivity index (χ4n) is 1.03. The molecule has 0 bridgehead atoms. The molecule has 15 heavy (non-hydrogen) atoms. The summed E-state index contributed by atoms with van der Waals surface area (Å²) in [5, 5.41) is 9.87.